The Morgan fingerprint density at radius 3 is 2.60 bits per heavy atom. The Balaban J connectivity index is 2.54. The first kappa shape index (κ1) is 12.6. The monoisotopic (exact) mass is 220 g/mol. The molecule has 1 heterocycles. The van der Waals surface area contributed by atoms with Crippen molar-refractivity contribution >= 4 is 0 Å². The standard InChI is InChI=1S/C9H16O6/c1-2-3-14-9-7(13)6(12)8(15-9)5(11)4-10/h2,5-13H,1,3-4H2/t5-,6+,7-,8-,9+/m1/s1. The van der Waals surface area contributed by atoms with Crippen LogP contribution >= 0.6 is 0 Å². The van der Waals surface area contributed by atoms with Gasteiger partial charge in [-0.25, -0.2) is 0 Å². The maximum atomic E-state index is 9.48. The van der Waals surface area contributed by atoms with Crippen molar-refractivity contribution in [3.63, 3.8) is 0 Å². The molecule has 5 atom stereocenters. The summed E-state index contributed by atoms with van der Waals surface area (Å²) in [5.41, 5.74) is 0. The van der Waals surface area contributed by atoms with Gasteiger partial charge in [-0.15, -0.1) is 6.58 Å². The summed E-state index contributed by atoms with van der Waals surface area (Å²) in [6, 6.07) is 0. The Bertz CT molecular complexity index is 209. The van der Waals surface area contributed by atoms with E-state index in [1.165, 1.54) is 6.08 Å². The average Bonchev–Trinajstić information content (AvgIpc) is 2.53. The van der Waals surface area contributed by atoms with E-state index in [0.29, 0.717) is 0 Å². The first-order chi connectivity index (χ1) is 7.11. The number of hydrogen-bond donors (Lipinski definition) is 4. The van der Waals surface area contributed by atoms with Crippen molar-refractivity contribution in [3.8, 4) is 0 Å². The third kappa shape index (κ3) is 2.75. The van der Waals surface area contributed by atoms with Crippen molar-refractivity contribution in [2.24, 2.45) is 0 Å². The normalized spacial score (nSPS) is 37.9. The molecule has 15 heavy (non-hydrogen) atoms. The van der Waals surface area contributed by atoms with Crippen molar-refractivity contribution in [3.05, 3.63) is 12.7 Å². The molecule has 1 aliphatic rings. The number of aliphatic hydroxyl groups is 4. The molecule has 0 amide bonds. The molecule has 6 nitrogen and oxygen atoms in total. The maximum Gasteiger partial charge on any atom is 0.187 e. The Morgan fingerprint density at radius 1 is 1.40 bits per heavy atom. The molecule has 4 N–H and O–H groups in total. The van der Waals surface area contributed by atoms with Crippen LogP contribution in [0.2, 0.25) is 0 Å². The van der Waals surface area contributed by atoms with E-state index >= 15 is 0 Å². The van der Waals surface area contributed by atoms with Gasteiger partial charge in [0.25, 0.3) is 0 Å². The summed E-state index contributed by atoms with van der Waals surface area (Å²) >= 11 is 0. The van der Waals surface area contributed by atoms with Crippen molar-refractivity contribution < 1.29 is 29.9 Å². The molecule has 1 fully saturated rings. The lowest BCUT2D eigenvalue weighted by atomic mass is 10.1. The molecule has 0 aliphatic carbocycles. The maximum absolute atomic E-state index is 9.48. The largest absolute Gasteiger partial charge is 0.394 e. The van der Waals surface area contributed by atoms with Gasteiger partial charge in [0, 0.05) is 0 Å². The predicted octanol–water partition coefficient (Wildman–Crippen LogP) is -2.01. The third-order valence-electron chi connectivity index (χ3n) is 2.20. The van der Waals surface area contributed by atoms with Crippen LogP contribution in [0.3, 0.4) is 0 Å². The molecule has 0 bridgehead atoms. The number of rotatable bonds is 5. The molecule has 88 valence electrons. The van der Waals surface area contributed by atoms with Gasteiger partial charge >= 0.3 is 0 Å². The smallest absolute Gasteiger partial charge is 0.187 e. The highest BCUT2D eigenvalue weighted by molar-refractivity contribution is 4.90. The van der Waals surface area contributed by atoms with Crippen molar-refractivity contribution in [1.82, 2.24) is 0 Å². The van der Waals surface area contributed by atoms with Gasteiger partial charge in [-0.3, -0.25) is 0 Å². The first-order valence-electron chi connectivity index (χ1n) is 4.64. The summed E-state index contributed by atoms with van der Waals surface area (Å²) in [5, 5.41) is 36.9. The molecular formula is C9H16O6. The van der Waals surface area contributed by atoms with Crippen molar-refractivity contribution in [1.29, 1.82) is 0 Å². The molecule has 1 saturated heterocycles. The highest BCUT2D eigenvalue weighted by Crippen LogP contribution is 2.24. The second-order valence-electron chi connectivity index (χ2n) is 3.32. The fraction of sp³-hybridized carbons (Fsp3) is 0.778. The Hall–Kier alpha value is -0.500. The summed E-state index contributed by atoms with van der Waals surface area (Å²) in [7, 11) is 0. The Morgan fingerprint density at radius 2 is 2.07 bits per heavy atom. The van der Waals surface area contributed by atoms with Crippen LogP contribution in [0, 0.1) is 0 Å². The summed E-state index contributed by atoms with van der Waals surface area (Å²) < 4.78 is 10.1. The molecule has 0 radical (unpaired) electrons. The number of hydrogen-bond acceptors (Lipinski definition) is 6. The Kier molecular flexibility index (Phi) is 4.65. The number of aliphatic hydroxyl groups excluding tert-OH is 4. The van der Waals surface area contributed by atoms with E-state index in [2.05, 4.69) is 6.58 Å². The summed E-state index contributed by atoms with van der Waals surface area (Å²) in [6.45, 7) is 3.03. The Labute approximate surface area is 87.4 Å². The van der Waals surface area contributed by atoms with Crippen LogP contribution in [-0.4, -0.2) is 64.3 Å². The molecule has 0 aromatic carbocycles. The molecule has 1 rings (SSSR count). The van der Waals surface area contributed by atoms with Gasteiger partial charge in [0.15, 0.2) is 6.29 Å². The van der Waals surface area contributed by atoms with Gasteiger partial charge < -0.3 is 29.9 Å². The molecule has 0 saturated carbocycles. The fourth-order valence-electron chi connectivity index (χ4n) is 1.39. The minimum Gasteiger partial charge on any atom is -0.394 e. The summed E-state index contributed by atoms with van der Waals surface area (Å²) in [6.07, 6.45) is -4.34. The van der Waals surface area contributed by atoms with E-state index in [1.54, 1.807) is 0 Å². The summed E-state index contributed by atoms with van der Waals surface area (Å²) in [5.74, 6) is 0. The highest BCUT2D eigenvalue weighted by Gasteiger charge is 2.46. The highest BCUT2D eigenvalue weighted by atomic mass is 16.7. The minimum atomic E-state index is -1.28. The van der Waals surface area contributed by atoms with Crippen LogP contribution < -0.4 is 0 Å². The van der Waals surface area contributed by atoms with E-state index in [0.717, 1.165) is 0 Å². The topological polar surface area (TPSA) is 99.4 Å². The lowest BCUT2D eigenvalue weighted by Gasteiger charge is -2.18. The van der Waals surface area contributed by atoms with Crippen molar-refractivity contribution in [2.75, 3.05) is 13.2 Å². The van der Waals surface area contributed by atoms with Gasteiger partial charge in [0.05, 0.1) is 13.2 Å². The quantitative estimate of drug-likeness (QED) is 0.399. The van der Waals surface area contributed by atoms with Gasteiger partial charge in [-0.05, 0) is 0 Å². The summed E-state index contributed by atoms with van der Waals surface area (Å²) in [4.78, 5) is 0. The fourth-order valence-corrected chi connectivity index (χ4v) is 1.39. The SMILES string of the molecule is C=CCO[C@H]1O[C@H]([C@H](O)CO)[C@@H](O)[C@H]1O. The number of ether oxygens (including phenoxy) is 2. The first-order valence-corrected chi connectivity index (χ1v) is 4.64. The van der Waals surface area contributed by atoms with E-state index in [1.807, 2.05) is 0 Å². The average molecular weight is 220 g/mol. The zero-order valence-electron chi connectivity index (χ0n) is 8.19. The van der Waals surface area contributed by atoms with Gasteiger partial charge in [-0.1, -0.05) is 6.08 Å². The second-order valence-corrected chi connectivity index (χ2v) is 3.32. The molecule has 6 heteroatoms. The lowest BCUT2D eigenvalue weighted by Crippen LogP contribution is -2.40. The van der Waals surface area contributed by atoms with Crippen LogP contribution in [0.1, 0.15) is 0 Å². The molecular weight excluding hydrogens is 204 g/mol. The third-order valence-corrected chi connectivity index (χ3v) is 2.20. The van der Waals surface area contributed by atoms with Crippen LogP contribution in [0.5, 0.6) is 0 Å². The van der Waals surface area contributed by atoms with Gasteiger partial charge in [0.1, 0.15) is 24.4 Å². The molecule has 0 aromatic rings. The van der Waals surface area contributed by atoms with E-state index in [9.17, 15) is 15.3 Å². The van der Waals surface area contributed by atoms with E-state index < -0.39 is 37.3 Å². The van der Waals surface area contributed by atoms with E-state index in [-0.39, 0.29) is 6.61 Å². The minimum absolute atomic E-state index is 0.163. The second kappa shape index (κ2) is 5.55. The van der Waals surface area contributed by atoms with E-state index in [4.69, 9.17) is 14.6 Å². The molecule has 0 spiro atoms. The lowest BCUT2D eigenvalue weighted by molar-refractivity contribution is -0.175. The van der Waals surface area contributed by atoms with Gasteiger partial charge in [0.2, 0.25) is 0 Å². The zero-order chi connectivity index (χ0) is 11.4. The van der Waals surface area contributed by atoms with Crippen LogP contribution in [-0.2, 0) is 9.47 Å². The van der Waals surface area contributed by atoms with Gasteiger partial charge in [-0.2, -0.15) is 0 Å². The van der Waals surface area contributed by atoms with Crippen LogP contribution in [0.25, 0.3) is 0 Å². The van der Waals surface area contributed by atoms with Crippen molar-refractivity contribution in [2.45, 2.75) is 30.7 Å². The zero-order valence-corrected chi connectivity index (χ0v) is 8.19. The molecule has 0 unspecified atom stereocenters. The van der Waals surface area contributed by atoms with Crippen LogP contribution in [0.4, 0.5) is 0 Å². The molecule has 1 aliphatic heterocycles. The predicted molar refractivity (Wildman–Crippen MR) is 49.9 cm³/mol. The van der Waals surface area contributed by atoms with Crippen LogP contribution in [0.15, 0.2) is 12.7 Å². The molecule has 0 aromatic heterocycles.